The van der Waals surface area contributed by atoms with E-state index in [0.29, 0.717) is 4.48 Å². The fourth-order valence-corrected chi connectivity index (χ4v) is 4.26. The van der Waals surface area contributed by atoms with E-state index in [-0.39, 0.29) is 0 Å². The van der Waals surface area contributed by atoms with Crippen molar-refractivity contribution >= 4 is 43.7 Å². The van der Waals surface area contributed by atoms with Gasteiger partial charge in [0.15, 0.2) is 0 Å². The number of hydrogen-bond donors (Lipinski definition) is 0. The van der Waals surface area contributed by atoms with Gasteiger partial charge in [0.1, 0.15) is 11.4 Å². The van der Waals surface area contributed by atoms with Gasteiger partial charge in [-0.25, -0.2) is 0 Å². The summed E-state index contributed by atoms with van der Waals surface area (Å²) in [5.41, 5.74) is 2.63. The summed E-state index contributed by atoms with van der Waals surface area (Å²) < 4.78 is 0.705. The van der Waals surface area contributed by atoms with Crippen LogP contribution < -0.4 is 4.48 Å². The molecule has 130 valence electrons. The Labute approximate surface area is 159 Å². The molecule has 0 bridgehead atoms. The monoisotopic (exact) mass is 348 g/mol. The van der Waals surface area contributed by atoms with E-state index in [0.717, 1.165) is 0 Å². The van der Waals surface area contributed by atoms with Crippen LogP contribution in [0.15, 0.2) is 97.1 Å². The zero-order chi connectivity index (χ0) is 18.4. The summed E-state index contributed by atoms with van der Waals surface area (Å²) in [7, 11) is 4.57. The first-order chi connectivity index (χ1) is 13.1. The second kappa shape index (κ2) is 5.94. The van der Waals surface area contributed by atoms with Gasteiger partial charge in [0.05, 0.1) is 14.1 Å². The first kappa shape index (κ1) is 16.0. The number of nitrogens with zero attached hydrogens (tertiary/aromatic N) is 1. The Morgan fingerprint density at radius 3 is 1.70 bits per heavy atom. The maximum absolute atomic E-state index is 2.34. The molecular weight excluding hydrogens is 326 g/mol. The third-order valence-electron chi connectivity index (χ3n) is 5.69. The summed E-state index contributed by atoms with van der Waals surface area (Å²) in [4.78, 5) is 0. The molecule has 0 N–H and O–H groups in total. The number of quaternary nitrogens is 1. The molecule has 0 aliphatic heterocycles. The SMILES string of the molecule is C[N+](C)(c1cccc2ccccc12)c1cccc2cc3ccccc3cc12. The van der Waals surface area contributed by atoms with Crippen LogP contribution in [0.2, 0.25) is 0 Å². The Balaban J connectivity index is 1.82. The van der Waals surface area contributed by atoms with E-state index in [4.69, 9.17) is 0 Å². The summed E-state index contributed by atoms with van der Waals surface area (Å²) in [6.07, 6.45) is 0. The van der Waals surface area contributed by atoms with Gasteiger partial charge in [0, 0.05) is 22.9 Å². The van der Waals surface area contributed by atoms with Gasteiger partial charge in [-0.15, -0.1) is 0 Å². The molecule has 0 heterocycles. The highest BCUT2D eigenvalue weighted by Crippen LogP contribution is 2.40. The van der Waals surface area contributed by atoms with Crippen molar-refractivity contribution in [3.63, 3.8) is 0 Å². The molecule has 27 heavy (non-hydrogen) atoms. The highest BCUT2D eigenvalue weighted by atomic mass is 15.3. The van der Waals surface area contributed by atoms with Crippen molar-refractivity contribution in [3.8, 4) is 0 Å². The number of benzene rings is 5. The number of fused-ring (bicyclic) bond motifs is 3. The summed E-state index contributed by atoms with van der Waals surface area (Å²) in [5, 5.41) is 7.77. The van der Waals surface area contributed by atoms with Crippen molar-refractivity contribution in [1.82, 2.24) is 4.48 Å². The lowest BCUT2D eigenvalue weighted by Crippen LogP contribution is -2.34. The summed E-state index contributed by atoms with van der Waals surface area (Å²) in [6, 6.07) is 35.2. The molecule has 0 aliphatic carbocycles. The number of rotatable bonds is 2. The molecule has 1 nitrogen and oxygen atoms in total. The molecule has 0 saturated heterocycles. The van der Waals surface area contributed by atoms with Crippen molar-refractivity contribution in [2.45, 2.75) is 0 Å². The van der Waals surface area contributed by atoms with Crippen LogP contribution in [0.1, 0.15) is 0 Å². The standard InChI is InChI=1S/C26H22N/c1-27(2,25-15-7-12-19-9-5-6-14-23(19)25)26-16-8-13-22-17-20-10-3-4-11-21(20)18-24(22)26/h3-18H,1-2H3/q+1. The van der Waals surface area contributed by atoms with Crippen LogP contribution in [0.5, 0.6) is 0 Å². The molecule has 0 atom stereocenters. The molecule has 0 saturated carbocycles. The first-order valence-corrected chi connectivity index (χ1v) is 9.39. The van der Waals surface area contributed by atoms with Gasteiger partial charge < -0.3 is 0 Å². The van der Waals surface area contributed by atoms with E-state index in [1.807, 2.05) is 0 Å². The molecule has 5 rings (SSSR count). The summed E-state index contributed by atoms with van der Waals surface area (Å²) >= 11 is 0. The van der Waals surface area contributed by atoms with Crippen LogP contribution in [0.25, 0.3) is 32.3 Å². The van der Waals surface area contributed by atoms with Crippen molar-refractivity contribution in [1.29, 1.82) is 0 Å². The quantitative estimate of drug-likeness (QED) is 0.237. The second-order valence-electron chi connectivity index (χ2n) is 7.65. The Morgan fingerprint density at radius 1 is 0.444 bits per heavy atom. The lowest BCUT2D eigenvalue weighted by atomic mass is 10.00. The Morgan fingerprint density at radius 2 is 0.963 bits per heavy atom. The van der Waals surface area contributed by atoms with E-state index in [1.165, 1.54) is 43.7 Å². The van der Waals surface area contributed by atoms with Gasteiger partial charge in [-0.2, -0.15) is 0 Å². The lowest BCUT2D eigenvalue weighted by molar-refractivity contribution is 0.563. The first-order valence-electron chi connectivity index (χ1n) is 9.39. The largest absolute Gasteiger partial charge is 0.263 e. The molecule has 0 amide bonds. The Kier molecular flexibility index (Phi) is 3.53. The second-order valence-corrected chi connectivity index (χ2v) is 7.65. The van der Waals surface area contributed by atoms with Crippen LogP contribution in [-0.4, -0.2) is 14.1 Å². The van der Waals surface area contributed by atoms with Crippen LogP contribution >= 0.6 is 0 Å². The zero-order valence-electron chi connectivity index (χ0n) is 15.7. The Bertz CT molecular complexity index is 1290. The highest BCUT2D eigenvalue weighted by molar-refractivity contribution is 6.05. The third-order valence-corrected chi connectivity index (χ3v) is 5.69. The predicted octanol–water partition coefficient (Wildman–Crippen LogP) is 7.04. The van der Waals surface area contributed by atoms with E-state index < -0.39 is 0 Å². The third kappa shape index (κ3) is 2.51. The smallest absolute Gasteiger partial charge is 0.145 e. The van der Waals surface area contributed by atoms with Crippen molar-refractivity contribution in [2.75, 3.05) is 14.1 Å². The minimum Gasteiger partial charge on any atom is -0.263 e. The van der Waals surface area contributed by atoms with E-state index in [1.54, 1.807) is 0 Å². The topological polar surface area (TPSA) is 0 Å². The van der Waals surface area contributed by atoms with Crippen LogP contribution in [0, 0.1) is 0 Å². The van der Waals surface area contributed by atoms with E-state index in [2.05, 4.69) is 111 Å². The zero-order valence-corrected chi connectivity index (χ0v) is 15.7. The molecule has 0 unspecified atom stereocenters. The van der Waals surface area contributed by atoms with Crippen LogP contribution in [0.3, 0.4) is 0 Å². The molecule has 0 radical (unpaired) electrons. The fourth-order valence-electron chi connectivity index (χ4n) is 4.26. The molecule has 5 aromatic carbocycles. The van der Waals surface area contributed by atoms with Gasteiger partial charge in [0.2, 0.25) is 0 Å². The lowest BCUT2D eigenvalue weighted by Gasteiger charge is -2.31. The highest BCUT2D eigenvalue weighted by Gasteiger charge is 2.26. The molecule has 1 heteroatoms. The molecule has 0 fully saturated rings. The van der Waals surface area contributed by atoms with Crippen LogP contribution in [-0.2, 0) is 0 Å². The molecule has 0 aromatic heterocycles. The van der Waals surface area contributed by atoms with Gasteiger partial charge in [-0.05, 0) is 39.7 Å². The number of hydrogen-bond acceptors (Lipinski definition) is 0. The average molecular weight is 348 g/mol. The van der Waals surface area contributed by atoms with Gasteiger partial charge in [-0.1, -0.05) is 66.7 Å². The predicted molar refractivity (Wildman–Crippen MR) is 119 cm³/mol. The molecule has 0 aliphatic rings. The van der Waals surface area contributed by atoms with E-state index >= 15 is 0 Å². The van der Waals surface area contributed by atoms with Gasteiger partial charge in [-0.3, -0.25) is 4.48 Å². The van der Waals surface area contributed by atoms with Crippen molar-refractivity contribution in [2.24, 2.45) is 0 Å². The van der Waals surface area contributed by atoms with Crippen LogP contribution in [0.4, 0.5) is 11.4 Å². The van der Waals surface area contributed by atoms with Crippen molar-refractivity contribution < 1.29 is 0 Å². The molecular formula is C26H22N+. The summed E-state index contributed by atoms with van der Waals surface area (Å²) in [5.74, 6) is 0. The van der Waals surface area contributed by atoms with Gasteiger partial charge in [0.25, 0.3) is 0 Å². The minimum atomic E-state index is 0.705. The maximum atomic E-state index is 2.34. The fraction of sp³-hybridized carbons (Fsp3) is 0.0769. The normalized spacial score (nSPS) is 12.1. The maximum Gasteiger partial charge on any atom is 0.145 e. The van der Waals surface area contributed by atoms with Gasteiger partial charge >= 0.3 is 0 Å². The Hall–Kier alpha value is -3.16. The van der Waals surface area contributed by atoms with Crippen molar-refractivity contribution in [3.05, 3.63) is 97.1 Å². The van der Waals surface area contributed by atoms with E-state index in [9.17, 15) is 0 Å². The average Bonchev–Trinajstić information content (AvgIpc) is 2.71. The molecule has 5 aromatic rings. The minimum absolute atomic E-state index is 0.705. The summed E-state index contributed by atoms with van der Waals surface area (Å²) in [6.45, 7) is 0. The molecule has 0 spiro atoms.